The Hall–Kier alpha value is -1.42. The first kappa shape index (κ1) is 11.7. The third kappa shape index (κ3) is 2.12. The molecule has 92 valence electrons. The number of likely N-dealkylation sites (tertiary alicyclic amines) is 1. The fourth-order valence-corrected chi connectivity index (χ4v) is 2.80. The number of carbonyl (C=O) groups excluding carboxylic acids is 1. The smallest absolute Gasteiger partial charge is 0.272 e. The highest BCUT2D eigenvalue weighted by Gasteiger charge is 2.25. The summed E-state index contributed by atoms with van der Waals surface area (Å²) in [6.45, 7) is 1.58. The van der Waals surface area contributed by atoms with Gasteiger partial charge in [-0.1, -0.05) is 40.2 Å². The van der Waals surface area contributed by atoms with Gasteiger partial charge in [0.05, 0.1) is 5.52 Å². The number of halogens is 1. The molecule has 1 fully saturated rings. The van der Waals surface area contributed by atoms with E-state index in [-0.39, 0.29) is 5.91 Å². The highest BCUT2D eigenvalue weighted by molar-refractivity contribution is 9.09. The zero-order valence-corrected chi connectivity index (χ0v) is 11.4. The maximum Gasteiger partial charge on any atom is 0.272 e. The molecular weight excluding hydrogens is 292 g/mol. The second kappa shape index (κ2) is 4.69. The molecule has 1 aromatic carbocycles. The number of para-hydroxylation sites is 1. The fraction of sp³-hybridized carbons (Fsp3) is 0.286. The van der Waals surface area contributed by atoms with Crippen molar-refractivity contribution >= 4 is 32.7 Å². The third-order valence-electron chi connectivity index (χ3n) is 3.24. The van der Waals surface area contributed by atoms with Crippen molar-refractivity contribution in [1.82, 2.24) is 9.88 Å². The van der Waals surface area contributed by atoms with E-state index < -0.39 is 0 Å². The first-order valence-electron chi connectivity index (χ1n) is 6.03. The van der Waals surface area contributed by atoms with Gasteiger partial charge in [-0.3, -0.25) is 4.79 Å². The number of carbonyl (C=O) groups is 1. The maximum absolute atomic E-state index is 12.3. The van der Waals surface area contributed by atoms with Crippen molar-refractivity contribution in [3.63, 3.8) is 0 Å². The number of nitrogens with zero attached hydrogens (tertiary/aromatic N) is 2. The summed E-state index contributed by atoms with van der Waals surface area (Å²) in [5, 5.41) is 1.06. The second-order valence-electron chi connectivity index (χ2n) is 4.53. The molecule has 0 aliphatic carbocycles. The average molecular weight is 305 g/mol. The van der Waals surface area contributed by atoms with Crippen molar-refractivity contribution in [2.45, 2.75) is 11.2 Å². The largest absolute Gasteiger partial charge is 0.336 e. The van der Waals surface area contributed by atoms with Gasteiger partial charge in [-0.2, -0.15) is 0 Å². The summed E-state index contributed by atoms with van der Waals surface area (Å²) in [5.41, 5.74) is 1.41. The van der Waals surface area contributed by atoms with Crippen molar-refractivity contribution in [3.05, 3.63) is 42.1 Å². The zero-order chi connectivity index (χ0) is 12.5. The average Bonchev–Trinajstić information content (AvgIpc) is 2.84. The lowest BCUT2D eigenvalue weighted by atomic mass is 10.2. The molecule has 0 N–H and O–H groups in total. The van der Waals surface area contributed by atoms with Crippen LogP contribution in [-0.4, -0.2) is 33.7 Å². The minimum absolute atomic E-state index is 0.0303. The van der Waals surface area contributed by atoms with Crippen LogP contribution >= 0.6 is 15.9 Å². The van der Waals surface area contributed by atoms with Crippen LogP contribution in [0.15, 0.2) is 36.4 Å². The lowest BCUT2D eigenvalue weighted by Crippen LogP contribution is -2.29. The van der Waals surface area contributed by atoms with Crippen LogP contribution in [0.5, 0.6) is 0 Å². The third-order valence-corrected chi connectivity index (χ3v) is 3.98. The van der Waals surface area contributed by atoms with Gasteiger partial charge in [-0.25, -0.2) is 4.98 Å². The van der Waals surface area contributed by atoms with E-state index in [1.807, 2.05) is 41.3 Å². The first-order chi connectivity index (χ1) is 8.74. The number of benzene rings is 1. The Bertz CT molecular complexity index is 599. The Morgan fingerprint density at radius 1 is 1.28 bits per heavy atom. The van der Waals surface area contributed by atoms with E-state index in [1.165, 1.54) is 0 Å². The van der Waals surface area contributed by atoms with Crippen molar-refractivity contribution in [2.24, 2.45) is 0 Å². The predicted molar refractivity (Wildman–Crippen MR) is 75.0 cm³/mol. The molecule has 1 saturated heterocycles. The maximum atomic E-state index is 12.3. The molecule has 1 unspecified atom stereocenters. The summed E-state index contributed by atoms with van der Waals surface area (Å²) in [6.07, 6.45) is 1.01. The number of hydrogen-bond acceptors (Lipinski definition) is 2. The minimum Gasteiger partial charge on any atom is -0.336 e. The van der Waals surface area contributed by atoms with Crippen LogP contribution in [0.25, 0.3) is 10.9 Å². The molecular formula is C14H13BrN2O. The van der Waals surface area contributed by atoms with Gasteiger partial charge in [-0.05, 0) is 18.6 Å². The standard InChI is InChI=1S/C14H13BrN2O/c15-11-7-8-17(9-11)14(18)13-6-5-10-3-1-2-4-12(10)16-13/h1-6,11H,7-9H2. The molecule has 1 aromatic heterocycles. The van der Waals surface area contributed by atoms with E-state index in [0.717, 1.165) is 30.4 Å². The van der Waals surface area contributed by atoms with E-state index in [2.05, 4.69) is 20.9 Å². The van der Waals surface area contributed by atoms with Crippen molar-refractivity contribution in [1.29, 1.82) is 0 Å². The number of alkyl halides is 1. The van der Waals surface area contributed by atoms with Gasteiger partial charge in [0, 0.05) is 23.3 Å². The van der Waals surface area contributed by atoms with Gasteiger partial charge in [0.2, 0.25) is 0 Å². The van der Waals surface area contributed by atoms with Crippen LogP contribution in [0, 0.1) is 0 Å². The molecule has 0 saturated carbocycles. The summed E-state index contributed by atoms with van der Waals surface area (Å²) in [6, 6.07) is 11.6. The summed E-state index contributed by atoms with van der Waals surface area (Å²) >= 11 is 3.54. The number of amides is 1. The molecule has 1 aliphatic heterocycles. The Morgan fingerprint density at radius 3 is 2.89 bits per heavy atom. The number of rotatable bonds is 1. The molecule has 18 heavy (non-hydrogen) atoms. The van der Waals surface area contributed by atoms with Crippen LogP contribution in [-0.2, 0) is 0 Å². The molecule has 3 rings (SSSR count). The monoisotopic (exact) mass is 304 g/mol. The van der Waals surface area contributed by atoms with Crippen LogP contribution < -0.4 is 0 Å². The van der Waals surface area contributed by atoms with E-state index in [9.17, 15) is 4.79 Å². The summed E-state index contributed by atoms with van der Waals surface area (Å²) in [5.74, 6) is 0.0303. The summed E-state index contributed by atoms with van der Waals surface area (Å²) in [4.78, 5) is 19.0. The SMILES string of the molecule is O=C(c1ccc2ccccc2n1)N1CCC(Br)C1. The molecule has 2 heterocycles. The van der Waals surface area contributed by atoms with Gasteiger partial charge in [-0.15, -0.1) is 0 Å². The lowest BCUT2D eigenvalue weighted by molar-refractivity contribution is 0.0788. The number of pyridine rings is 1. The number of aromatic nitrogens is 1. The van der Waals surface area contributed by atoms with E-state index >= 15 is 0 Å². The predicted octanol–water partition coefficient (Wildman–Crippen LogP) is 2.84. The van der Waals surface area contributed by atoms with Crippen molar-refractivity contribution < 1.29 is 4.79 Å². The summed E-state index contributed by atoms with van der Waals surface area (Å²) in [7, 11) is 0. The molecule has 0 bridgehead atoms. The summed E-state index contributed by atoms with van der Waals surface area (Å²) < 4.78 is 0. The normalized spacial score (nSPS) is 19.4. The van der Waals surface area contributed by atoms with E-state index in [0.29, 0.717) is 10.5 Å². The van der Waals surface area contributed by atoms with Crippen molar-refractivity contribution in [3.8, 4) is 0 Å². The molecule has 1 atom stereocenters. The second-order valence-corrected chi connectivity index (χ2v) is 5.82. The van der Waals surface area contributed by atoms with Gasteiger partial charge in [0.25, 0.3) is 5.91 Å². The number of fused-ring (bicyclic) bond motifs is 1. The lowest BCUT2D eigenvalue weighted by Gasteiger charge is -2.15. The van der Waals surface area contributed by atoms with Crippen LogP contribution in [0.1, 0.15) is 16.9 Å². The Kier molecular flexibility index (Phi) is 3.04. The van der Waals surface area contributed by atoms with Gasteiger partial charge in [0.15, 0.2) is 0 Å². The molecule has 3 nitrogen and oxygen atoms in total. The van der Waals surface area contributed by atoms with Crippen LogP contribution in [0.3, 0.4) is 0 Å². The molecule has 1 aliphatic rings. The van der Waals surface area contributed by atoms with Crippen molar-refractivity contribution in [2.75, 3.05) is 13.1 Å². The Labute approximate surface area is 114 Å². The van der Waals surface area contributed by atoms with Gasteiger partial charge >= 0.3 is 0 Å². The Balaban J connectivity index is 1.92. The quantitative estimate of drug-likeness (QED) is 0.759. The van der Waals surface area contributed by atoms with Crippen LogP contribution in [0.2, 0.25) is 0 Å². The fourth-order valence-electron chi connectivity index (χ4n) is 2.25. The van der Waals surface area contributed by atoms with E-state index in [4.69, 9.17) is 0 Å². The van der Waals surface area contributed by atoms with E-state index in [1.54, 1.807) is 0 Å². The topological polar surface area (TPSA) is 33.2 Å². The highest BCUT2D eigenvalue weighted by atomic mass is 79.9. The molecule has 2 aromatic rings. The highest BCUT2D eigenvalue weighted by Crippen LogP contribution is 2.19. The van der Waals surface area contributed by atoms with Gasteiger partial charge in [0.1, 0.15) is 5.69 Å². The van der Waals surface area contributed by atoms with Crippen LogP contribution in [0.4, 0.5) is 0 Å². The zero-order valence-electron chi connectivity index (χ0n) is 9.84. The number of hydrogen-bond donors (Lipinski definition) is 0. The molecule has 1 amide bonds. The van der Waals surface area contributed by atoms with Gasteiger partial charge < -0.3 is 4.90 Å². The molecule has 0 radical (unpaired) electrons. The molecule has 4 heteroatoms. The Morgan fingerprint density at radius 2 is 2.11 bits per heavy atom. The minimum atomic E-state index is 0.0303. The molecule has 0 spiro atoms. The first-order valence-corrected chi connectivity index (χ1v) is 6.95.